The van der Waals surface area contributed by atoms with Crippen molar-refractivity contribution in [1.82, 2.24) is 14.6 Å². The predicted molar refractivity (Wildman–Crippen MR) is 71.4 cm³/mol. The molecule has 1 aliphatic carbocycles. The summed E-state index contributed by atoms with van der Waals surface area (Å²) in [7, 11) is 0. The molecule has 0 spiro atoms. The maximum absolute atomic E-state index is 12.0. The molecule has 0 unspecified atom stereocenters. The lowest BCUT2D eigenvalue weighted by atomic mass is 10.0. The number of anilines is 1. The van der Waals surface area contributed by atoms with Gasteiger partial charge in [0.25, 0.3) is 5.91 Å². The number of aromatic nitrogens is 3. The Bertz CT molecular complexity index is 566. The number of aryl methyl sites for hydroxylation is 3. The third-order valence-corrected chi connectivity index (χ3v) is 4.82. The maximum atomic E-state index is 12.0. The van der Waals surface area contributed by atoms with Gasteiger partial charge < -0.3 is 0 Å². The number of amides is 1. The first-order valence-corrected chi connectivity index (χ1v) is 7.42. The highest BCUT2D eigenvalue weighted by Crippen LogP contribution is 2.29. The summed E-state index contributed by atoms with van der Waals surface area (Å²) in [5.74, 6) is -0.159. The van der Waals surface area contributed by atoms with E-state index >= 15 is 0 Å². The molecule has 94 valence electrons. The monoisotopic (exact) mass is 280 g/mol. The molecule has 0 fully saturated rings. The second kappa shape index (κ2) is 4.74. The van der Waals surface area contributed by atoms with Gasteiger partial charge in [-0.3, -0.25) is 10.1 Å². The first kappa shape index (κ1) is 11.7. The fraction of sp³-hybridized carbons (Fsp3) is 0.455. The molecule has 1 N–H and O–H groups in total. The number of carbonyl (C=O) groups is 1. The lowest BCUT2D eigenvalue weighted by Gasteiger charge is -2.06. The first-order valence-electron chi connectivity index (χ1n) is 5.83. The summed E-state index contributed by atoms with van der Waals surface area (Å²) in [4.78, 5) is 18.3. The van der Waals surface area contributed by atoms with E-state index in [-0.39, 0.29) is 5.91 Å². The van der Waals surface area contributed by atoms with Crippen LogP contribution in [0.5, 0.6) is 0 Å². The number of carbonyl (C=O) groups excluding carboxylic acids is 1. The molecule has 2 heterocycles. The van der Waals surface area contributed by atoms with E-state index in [9.17, 15) is 4.79 Å². The summed E-state index contributed by atoms with van der Waals surface area (Å²) in [5.41, 5.74) is 1.82. The van der Waals surface area contributed by atoms with Crippen LogP contribution < -0.4 is 5.32 Å². The summed E-state index contributed by atoms with van der Waals surface area (Å²) >= 11 is 2.70. The number of fused-ring (bicyclic) bond motifs is 1. The van der Waals surface area contributed by atoms with Crippen molar-refractivity contribution in [2.45, 2.75) is 32.6 Å². The largest absolute Gasteiger partial charge is 0.297 e. The number of hydrogen-bond donors (Lipinski definition) is 1. The van der Waals surface area contributed by atoms with Gasteiger partial charge in [0.1, 0.15) is 4.88 Å². The number of hydrogen-bond acceptors (Lipinski definition) is 6. The van der Waals surface area contributed by atoms with Gasteiger partial charge in [0, 0.05) is 4.88 Å². The summed E-state index contributed by atoms with van der Waals surface area (Å²) in [6.07, 6.45) is 4.54. The smallest absolute Gasteiger partial charge is 0.271 e. The zero-order chi connectivity index (χ0) is 12.5. The van der Waals surface area contributed by atoms with E-state index in [0.29, 0.717) is 15.7 Å². The SMILES string of the molecule is Cc1nnsc1C(=O)Nc1nc2c(s1)CCCC2. The van der Waals surface area contributed by atoms with Crippen LogP contribution in [0.3, 0.4) is 0 Å². The van der Waals surface area contributed by atoms with Crippen molar-refractivity contribution < 1.29 is 4.79 Å². The summed E-state index contributed by atoms with van der Waals surface area (Å²) in [5, 5.41) is 7.37. The fourth-order valence-corrected chi connectivity index (χ4v) is 3.60. The number of thiazole rings is 1. The predicted octanol–water partition coefficient (Wildman–Crippen LogP) is 2.43. The van der Waals surface area contributed by atoms with Crippen LogP contribution in [0.15, 0.2) is 0 Å². The van der Waals surface area contributed by atoms with E-state index in [1.807, 2.05) is 0 Å². The van der Waals surface area contributed by atoms with Crippen LogP contribution in [-0.2, 0) is 12.8 Å². The Kier molecular flexibility index (Phi) is 3.09. The van der Waals surface area contributed by atoms with Crippen molar-refractivity contribution in [2.75, 3.05) is 5.32 Å². The molecule has 5 nitrogen and oxygen atoms in total. The number of nitrogens with one attached hydrogen (secondary N) is 1. The zero-order valence-corrected chi connectivity index (χ0v) is 11.5. The molecule has 3 rings (SSSR count). The van der Waals surface area contributed by atoms with Crippen LogP contribution in [0.4, 0.5) is 5.13 Å². The second-order valence-corrected chi connectivity index (χ2v) is 6.08. The van der Waals surface area contributed by atoms with Gasteiger partial charge in [0.05, 0.1) is 11.4 Å². The number of nitrogens with zero attached hydrogens (tertiary/aromatic N) is 3. The molecule has 0 atom stereocenters. The van der Waals surface area contributed by atoms with Crippen LogP contribution in [0.2, 0.25) is 0 Å². The van der Waals surface area contributed by atoms with E-state index < -0.39 is 0 Å². The van der Waals surface area contributed by atoms with Crippen LogP contribution in [0.1, 0.15) is 38.8 Å². The highest BCUT2D eigenvalue weighted by atomic mass is 32.1. The Morgan fingerprint density at radius 2 is 2.17 bits per heavy atom. The molecule has 2 aromatic heterocycles. The van der Waals surface area contributed by atoms with Crippen molar-refractivity contribution in [2.24, 2.45) is 0 Å². The first-order chi connectivity index (χ1) is 8.74. The quantitative estimate of drug-likeness (QED) is 0.917. The van der Waals surface area contributed by atoms with Crippen molar-refractivity contribution in [3.8, 4) is 0 Å². The average Bonchev–Trinajstić information content (AvgIpc) is 2.94. The highest BCUT2D eigenvalue weighted by Gasteiger charge is 2.18. The molecule has 0 bridgehead atoms. The normalized spacial score (nSPS) is 14.3. The van der Waals surface area contributed by atoms with E-state index in [4.69, 9.17) is 0 Å². The van der Waals surface area contributed by atoms with Crippen molar-refractivity contribution in [3.63, 3.8) is 0 Å². The third-order valence-electron chi connectivity index (χ3n) is 2.92. The Labute approximate surface area is 112 Å². The lowest BCUT2D eigenvalue weighted by molar-refractivity contribution is 0.103. The summed E-state index contributed by atoms with van der Waals surface area (Å²) in [6.45, 7) is 1.78. The Morgan fingerprint density at radius 3 is 2.89 bits per heavy atom. The Hall–Kier alpha value is -1.34. The van der Waals surface area contributed by atoms with Gasteiger partial charge in [-0.25, -0.2) is 4.98 Å². The Morgan fingerprint density at radius 1 is 1.33 bits per heavy atom. The van der Waals surface area contributed by atoms with E-state index in [1.165, 1.54) is 17.7 Å². The molecule has 18 heavy (non-hydrogen) atoms. The van der Waals surface area contributed by atoms with Gasteiger partial charge in [-0.2, -0.15) is 0 Å². The lowest BCUT2D eigenvalue weighted by Crippen LogP contribution is -2.11. The van der Waals surface area contributed by atoms with Gasteiger partial charge >= 0.3 is 0 Å². The standard InChI is InChI=1S/C11H12N4OS2/c1-6-9(18-15-14-6)10(16)13-11-12-7-4-2-3-5-8(7)17-11/h2-5H2,1H3,(H,12,13,16). The fourth-order valence-electron chi connectivity index (χ4n) is 2.00. The topological polar surface area (TPSA) is 67.8 Å². The van der Waals surface area contributed by atoms with Crippen LogP contribution in [-0.4, -0.2) is 20.5 Å². The molecule has 0 aliphatic heterocycles. The minimum atomic E-state index is -0.159. The highest BCUT2D eigenvalue weighted by molar-refractivity contribution is 7.16. The van der Waals surface area contributed by atoms with Crippen molar-refractivity contribution >= 4 is 33.9 Å². The molecule has 0 aromatic carbocycles. The molecule has 7 heteroatoms. The van der Waals surface area contributed by atoms with Crippen LogP contribution in [0, 0.1) is 6.92 Å². The molecular weight excluding hydrogens is 268 g/mol. The van der Waals surface area contributed by atoms with Gasteiger partial charge in [-0.15, -0.1) is 16.4 Å². The molecule has 0 saturated carbocycles. The van der Waals surface area contributed by atoms with E-state index in [2.05, 4.69) is 19.9 Å². The Balaban J connectivity index is 1.79. The minimum absolute atomic E-state index is 0.159. The number of rotatable bonds is 2. The molecular formula is C11H12N4OS2. The van der Waals surface area contributed by atoms with Crippen LogP contribution in [0.25, 0.3) is 0 Å². The molecule has 2 aromatic rings. The maximum Gasteiger partial charge on any atom is 0.271 e. The summed E-state index contributed by atoms with van der Waals surface area (Å²) < 4.78 is 3.76. The average molecular weight is 280 g/mol. The minimum Gasteiger partial charge on any atom is -0.297 e. The van der Waals surface area contributed by atoms with Crippen molar-refractivity contribution in [3.05, 3.63) is 21.1 Å². The van der Waals surface area contributed by atoms with Gasteiger partial charge in [-0.1, -0.05) is 4.49 Å². The van der Waals surface area contributed by atoms with Crippen molar-refractivity contribution in [1.29, 1.82) is 0 Å². The summed E-state index contributed by atoms with van der Waals surface area (Å²) in [6, 6.07) is 0. The zero-order valence-electron chi connectivity index (χ0n) is 9.89. The molecule has 1 amide bonds. The molecule has 1 aliphatic rings. The van der Waals surface area contributed by atoms with E-state index in [0.717, 1.165) is 30.1 Å². The van der Waals surface area contributed by atoms with Gasteiger partial charge in [0.15, 0.2) is 5.13 Å². The van der Waals surface area contributed by atoms with E-state index in [1.54, 1.807) is 18.3 Å². The van der Waals surface area contributed by atoms with Gasteiger partial charge in [0.2, 0.25) is 0 Å². The molecule has 0 saturated heterocycles. The second-order valence-electron chi connectivity index (χ2n) is 4.24. The molecule has 0 radical (unpaired) electrons. The van der Waals surface area contributed by atoms with Crippen LogP contribution >= 0.6 is 22.9 Å². The van der Waals surface area contributed by atoms with Gasteiger partial charge in [-0.05, 0) is 44.1 Å². The third kappa shape index (κ3) is 2.15.